The summed E-state index contributed by atoms with van der Waals surface area (Å²) in [6.07, 6.45) is 3.46. The van der Waals surface area contributed by atoms with Gasteiger partial charge in [0.2, 0.25) is 0 Å². The Kier molecular flexibility index (Phi) is 5.46. The summed E-state index contributed by atoms with van der Waals surface area (Å²) < 4.78 is 27.2. The number of thiophene rings is 1. The molecule has 0 aromatic carbocycles. The van der Waals surface area contributed by atoms with Crippen LogP contribution < -0.4 is 5.32 Å². The molecule has 1 N–H and O–H groups in total. The van der Waals surface area contributed by atoms with E-state index in [-0.39, 0.29) is 6.04 Å². The smallest absolute Gasteiger partial charge is 0.252 e. The Hall–Kier alpha value is -0.430. The molecule has 0 spiro atoms. The van der Waals surface area contributed by atoms with Crippen molar-refractivity contribution in [3.63, 3.8) is 0 Å². The number of nitrogens with one attached hydrogen (secondary N) is 1. The Balaban J connectivity index is 2.00. The minimum Gasteiger partial charge on any atom is -0.314 e. The molecule has 21 heavy (non-hydrogen) atoms. The van der Waals surface area contributed by atoms with E-state index < -0.39 is 10.0 Å². The zero-order valence-corrected chi connectivity index (χ0v) is 14.9. The minimum atomic E-state index is -3.36. The fourth-order valence-electron chi connectivity index (χ4n) is 2.10. The molecule has 120 valence electrons. The Bertz CT molecular complexity index is 562. The molecule has 0 amide bonds. The molecule has 0 radical (unpaired) electrons. The summed E-state index contributed by atoms with van der Waals surface area (Å²) in [7, 11) is -1.69. The lowest BCUT2D eigenvalue weighted by molar-refractivity contribution is 0.316. The quantitative estimate of drug-likeness (QED) is 0.797. The summed E-state index contributed by atoms with van der Waals surface area (Å²) >= 11 is 1.40. The van der Waals surface area contributed by atoms with Crippen molar-refractivity contribution in [1.29, 1.82) is 0 Å². The van der Waals surface area contributed by atoms with Crippen molar-refractivity contribution in [2.75, 3.05) is 13.6 Å². The molecule has 0 aliphatic heterocycles. The standard InChI is InChI=1S/C15H26N2O2S2/c1-11(2)12(3)17(4)21(18,19)15-8-7-14(20-15)9-10-16-13-5-6-13/h7-8,11-13,16H,5-6,9-10H2,1-4H3. The molecule has 1 heterocycles. The molecule has 2 rings (SSSR count). The van der Waals surface area contributed by atoms with Gasteiger partial charge in [-0.1, -0.05) is 13.8 Å². The van der Waals surface area contributed by atoms with Crippen molar-refractivity contribution in [3.8, 4) is 0 Å². The maximum atomic E-state index is 12.6. The highest BCUT2D eigenvalue weighted by Gasteiger charge is 2.28. The van der Waals surface area contributed by atoms with Crippen LogP contribution in [-0.2, 0) is 16.4 Å². The van der Waals surface area contributed by atoms with Crippen LogP contribution in [0.5, 0.6) is 0 Å². The van der Waals surface area contributed by atoms with E-state index in [1.165, 1.54) is 28.5 Å². The Morgan fingerprint density at radius 1 is 1.33 bits per heavy atom. The molecular weight excluding hydrogens is 304 g/mol. The van der Waals surface area contributed by atoms with Crippen molar-refractivity contribution >= 4 is 21.4 Å². The molecule has 4 nitrogen and oxygen atoms in total. The second kappa shape index (κ2) is 6.77. The first-order valence-electron chi connectivity index (χ1n) is 7.62. The van der Waals surface area contributed by atoms with E-state index in [0.29, 0.717) is 16.2 Å². The fourth-order valence-corrected chi connectivity index (χ4v) is 5.13. The van der Waals surface area contributed by atoms with Gasteiger partial charge in [0.15, 0.2) is 0 Å². The topological polar surface area (TPSA) is 49.4 Å². The summed E-state index contributed by atoms with van der Waals surface area (Å²) in [5.74, 6) is 0.298. The Morgan fingerprint density at radius 3 is 2.57 bits per heavy atom. The highest BCUT2D eigenvalue weighted by Crippen LogP contribution is 2.27. The molecule has 0 saturated heterocycles. The summed E-state index contributed by atoms with van der Waals surface area (Å²) in [4.78, 5) is 1.13. The number of sulfonamides is 1. The van der Waals surface area contributed by atoms with Crippen LogP contribution in [0.3, 0.4) is 0 Å². The van der Waals surface area contributed by atoms with Gasteiger partial charge in [0.05, 0.1) is 0 Å². The molecule has 1 aromatic rings. The number of hydrogen-bond donors (Lipinski definition) is 1. The third-order valence-electron chi connectivity index (χ3n) is 4.19. The number of nitrogens with zero attached hydrogens (tertiary/aromatic N) is 1. The van der Waals surface area contributed by atoms with Crippen LogP contribution in [0.25, 0.3) is 0 Å². The average Bonchev–Trinajstić information content (AvgIpc) is 3.12. The zero-order chi connectivity index (χ0) is 15.6. The molecule has 1 aliphatic carbocycles. The van der Waals surface area contributed by atoms with Crippen molar-refractivity contribution in [2.24, 2.45) is 5.92 Å². The fraction of sp³-hybridized carbons (Fsp3) is 0.733. The predicted octanol–water partition coefficient (Wildman–Crippen LogP) is 2.71. The summed E-state index contributed by atoms with van der Waals surface area (Å²) in [6.45, 7) is 6.97. The molecule has 0 bridgehead atoms. The van der Waals surface area contributed by atoms with Gasteiger partial charge in [-0.05, 0) is 44.2 Å². The van der Waals surface area contributed by atoms with Crippen LogP contribution in [-0.4, -0.2) is 38.4 Å². The second-order valence-corrected chi connectivity index (χ2v) is 9.60. The van der Waals surface area contributed by atoms with E-state index >= 15 is 0 Å². The first-order valence-corrected chi connectivity index (χ1v) is 9.88. The molecule has 1 fully saturated rings. The molecule has 1 aromatic heterocycles. The van der Waals surface area contributed by atoms with Gasteiger partial charge in [-0.3, -0.25) is 0 Å². The Morgan fingerprint density at radius 2 is 2.00 bits per heavy atom. The first-order chi connectivity index (χ1) is 9.82. The highest BCUT2D eigenvalue weighted by atomic mass is 32.2. The lowest BCUT2D eigenvalue weighted by Crippen LogP contribution is -2.37. The van der Waals surface area contributed by atoms with Crippen LogP contribution in [0.1, 0.15) is 38.5 Å². The largest absolute Gasteiger partial charge is 0.314 e. The van der Waals surface area contributed by atoms with Crippen molar-refractivity contribution in [3.05, 3.63) is 17.0 Å². The van der Waals surface area contributed by atoms with Crippen LogP contribution in [0, 0.1) is 5.92 Å². The average molecular weight is 331 g/mol. The molecule has 1 saturated carbocycles. The number of rotatable bonds is 8. The van der Waals surface area contributed by atoms with Crippen molar-refractivity contribution in [2.45, 2.75) is 56.3 Å². The highest BCUT2D eigenvalue weighted by molar-refractivity contribution is 7.91. The monoisotopic (exact) mass is 330 g/mol. The lowest BCUT2D eigenvalue weighted by Gasteiger charge is -2.26. The summed E-state index contributed by atoms with van der Waals surface area (Å²) in [5, 5.41) is 3.46. The van der Waals surface area contributed by atoms with Crippen molar-refractivity contribution < 1.29 is 8.42 Å². The van der Waals surface area contributed by atoms with E-state index in [9.17, 15) is 8.42 Å². The van der Waals surface area contributed by atoms with Gasteiger partial charge >= 0.3 is 0 Å². The van der Waals surface area contributed by atoms with Gasteiger partial charge in [-0.2, -0.15) is 4.31 Å². The van der Waals surface area contributed by atoms with Gasteiger partial charge in [0.25, 0.3) is 10.0 Å². The van der Waals surface area contributed by atoms with E-state index in [4.69, 9.17) is 0 Å². The minimum absolute atomic E-state index is 0.00270. The lowest BCUT2D eigenvalue weighted by atomic mass is 10.1. The van der Waals surface area contributed by atoms with Gasteiger partial charge in [0, 0.05) is 30.6 Å². The SMILES string of the molecule is CC(C)C(C)N(C)S(=O)(=O)c1ccc(CCNC2CC2)s1. The van der Waals surface area contributed by atoms with Gasteiger partial charge < -0.3 is 5.32 Å². The zero-order valence-electron chi connectivity index (χ0n) is 13.3. The van der Waals surface area contributed by atoms with E-state index in [1.54, 1.807) is 13.1 Å². The summed E-state index contributed by atoms with van der Waals surface area (Å²) in [5.41, 5.74) is 0. The normalized spacial score (nSPS) is 17.6. The van der Waals surface area contributed by atoms with Crippen LogP contribution in [0.2, 0.25) is 0 Å². The molecule has 1 aliphatic rings. The van der Waals surface area contributed by atoms with E-state index in [1.807, 2.05) is 26.8 Å². The van der Waals surface area contributed by atoms with Gasteiger partial charge in [-0.25, -0.2) is 8.42 Å². The van der Waals surface area contributed by atoms with Crippen molar-refractivity contribution in [1.82, 2.24) is 9.62 Å². The maximum absolute atomic E-state index is 12.6. The molecule has 6 heteroatoms. The Labute approximate surface area is 132 Å². The third-order valence-corrected chi connectivity index (χ3v) is 7.75. The third kappa shape index (κ3) is 4.28. The van der Waals surface area contributed by atoms with E-state index in [2.05, 4.69) is 5.32 Å². The van der Waals surface area contributed by atoms with E-state index in [0.717, 1.165) is 17.8 Å². The summed E-state index contributed by atoms with van der Waals surface area (Å²) in [6, 6.07) is 4.39. The molecular formula is C15H26N2O2S2. The predicted molar refractivity (Wildman–Crippen MR) is 88.3 cm³/mol. The molecule has 1 unspecified atom stereocenters. The maximum Gasteiger partial charge on any atom is 0.252 e. The first kappa shape index (κ1) is 16.9. The second-order valence-electron chi connectivity index (χ2n) is 6.21. The van der Waals surface area contributed by atoms with Crippen LogP contribution >= 0.6 is 11.3 Å². The van der Waals surface area contributed by atoms with Gasteiger partial charge in [0.1, 0.15) is 4.21 Å². The number of hydrogen-bond acceptors (Lipinski definition) is 4. The molecule has 1 atom stereocenters. The van der Waals surface area contributed by atoms with Crippen LogP contribution in [0.4, 0.5) is 0 Å². The van der Waals surface area contributed by atoms with Crippen LogP contribution in [0.15, 0.2) is 16.3 Å². The van der Waals surface area contributed by atoms with Gasteiger partial charge in [-0.15, -0.1) is 11.3 Å².